The molecule has 2 heterocycles. The summed E-state index contributed by atoms with van der Waals surface area (Å²) in [7, 11) is 0. The Hall–Kier alpha value is -2.44. The molecule has 0 saturated carbocycles. The van der Waals surface area contributed by atoms with Crippen LogP contribution in [0.2, 0.25) is 0 Å². The summed E-state index contributed by atoms with van der Waals surface area (Å²) >= 11 is 0. The Kier molecular flexibility index (Phi) is 4.86. The molecule has 0 saturated heterocycles. The van der Waals surface area contributed by atoms with Crippen LogP contribution in [0.5, 0.6) is 0 Å². The number of nitrogens with zero attached hydrogens (tertiary/aromatic N) is 4. The second-order valence-electron chi connectivity index (χ2n) is 4.88. The van der Waals surface area contributed by atoms with E-state index in [4.69, 9.17) is 0 Å². The molecule has 0 fully saturated rings. The Morgan fingerprint density at radius 2 is 2.24 bits per heavy atom. The van der Waals surface area contributed by atoms with Crippen LogP contribution in [-0.4, -0.2) is 31.5 Å². The van der Waals surface area contributed by atoms with E-state index >= 15 is 0 Å². The van der Waals surface area contributed by atoms with Crippen LogP contribution in [0.15, 0.2) is 35.4 Å². The molecule has 1 atom stereocenters. The van der Waals surface area contributed by atoms with Crippen molar-refractivity contribution >= 4 is 5.91 Å². The smallest absolute Gasteiger partial charge is 0.271 e. The predicted octanol–water partition coefficient (Wildman–Crippen LogP) is 0.668. The molecule has 0 radical (unpaired) electrons. The van der Waals surface area contributed by atoms with Crippen LogP contribution in [-0.2, 0) is 13.1 Å². The van der Waals surface area contributed by atoms with Gasteiger partial charge in [-0.3, -0.25) is 14.3 Å². The molecule has 2 rings (SSSR count). The van der Waals surface area contributed by atoms with Crippen molar-refractivity contribution in [2.75, 3.05) is 0 Å². The molecule has 0 aliphatic heterocycles. The van der Waals surface area contributed by atoms with Crippen LogP contribution < -0.4 is 10.9 Å². The minimum absolute atomic E-state index is 0.0919. The molecule has 2 aromatic heterocycles. The average molecular weight is 289 g/mol. The highest BCUT2D eigenvalue weighted by atomic mass is 16.2. The van der Waals surface area contributed by atoms with Gasteiger partial charge in [0.15, 0.2) is 0 Å². The van der Waals surface area contributed by atoms with E-state index in [0.717, 1.165) is 6.42 Å². The number of amides is 1. The molecule has 21 heavy (non-hydrogen) atoms. The summed E-state index contributed by atoms with van der Waals surface area (Å²) in [6.07, 6.45) is 4.31. The monoisotopic (exact) mass is 289 g/mol. The van der Waals surface area contributed by atoms with Gasteiger partial charge in [0.1, 0.15) is 5.69 Å². The number of carbonyl (C=O) groups is 1. The molecule has 1 amide bonds. The number of hydrogen-bond donors (Lipinski definition) is 1. The summed E-state index contributed by atoms with van der Waals surface area (Å²) in [4.78, 5) is 23.7. The van der Waals surface area contributed by atoms with E-state index in [1.165, 1.54) is 16.8 Å². The van der Waals surface area contributed by atoms with Crippen molar-refractivity contribution in [2.24, 2.45) is 0 Å². The Morgan fingerprint density at radius 1 is 1.43 bits per heavy atom. The zero-order chi connectivity index (χ0) is 15.2. The molecule has 0 aromatic carbocycles. The van der Waals surface area contributed by atoms with Gasteiger partial charge in [-0.2, -0.15) is 10.2 Å². The quantitative estimate of drug-likeness (QED) is 0.847. The van der Waals surface area contributed by atoms with Crippen molar-refractivity contribution in [3.63, 3.8) is 0 Å². The highest BCUT2D eigenvalue weighted by Crippen LogP contribution is 1.96. The Bertz CT molecular complexity index is 648. The largest absolute Gasteiger partial charge is 0.346 e. The van der Waals surface area contributed by atoms with E-state index < -0.39 is 0 Å². The van der Waals surface area contributed by atoms with Crippen molar-refractivity contribution in [1.82, 2.24) is 24.9 Å². The van der Waals surface area contributed by atoms with E-state index in [1.54, 1.807) is 10.9 Å². The van der Waals surface area contributed by atoms with Gasteiger partial charge in [0.25, 0.3) is 11.5 Å². The van der Waals surface area contributed by atoms with E-state index in [1.807, 2.05) is 26.1 Å². The second-order valence-corrected chi connectivity index (χ2v) is 4.88. The Morgan fingerprint density at radius 3 is 2.90 bits per heavy atom. The standard InChI is InChI=1S/C14H19N5O2/c1-3-8-19-13(20)6-5-12(17-19)14(21)16-11(2)10-18-9-4-7-15-18/h4-7,9,11H,3,8,10H2,1-2H3,(H,16,21). The normalized spacial score (nSPS) is 12.1. The van der Waals surface area contributed by atoms with Gasteiger partial charge in [-0.1, -0.05) is 6.92 Å². The molecule has 0 aliphatic carbocycles. The van der Waals surface area contributed by atoms with Crippen molar-refractivity contribution in [3.8, 4) is 0 Å². The van der Waals surface area contributed by atoms with Gasteiger partial charge in [-0.25, -0.2) is 4.68 Å². The van der Waals surface area contributed by atoms with Crippen LogP contribution >= 0.6 is 0 Å². The van der Waals surface area contributed by atoms with E-state index in [2.05, 4.69) is 15.5 Å². The third kappa shape index (κ3) is 4.01. The summed E-state index contributed by atoms with van der Waals surface area (Å²) in [5.41, 5.74) is 0.0494. The van der Waals surface area contributed by atoms with Crippen LogP contribution in [0.4, 0.5) is 0 Å². The lowest BCUT2D eigenvalue weighted by atomic mass is 10.3. The molecule has 1 unspecified atom stereocenters. The average Bonchev–Trinajstić information content (AvgIpc) is 2.94. The highest BCUT2D eigenvalue weighted by molar-refractivity contribution is 5.92. The van der Waals surface area contributed by atoms with E-state index in [0.29, 0.717) is 13.1 Å². The molecule has 112 valence electrons. The third-order valence-electron chi connectivity index (χ3n) is 2.93. The number of carbonyl (C=O) groups excluding carboxylic acids is 1. The van der Waals surface area contributed by atoms with Gasteiger partial charge in [-0.15, -0.1) is 0 Å². The van der Waals surface area contributed by atoms with Gasteiger partial charge in [0.2, 0.25) is 0 Å². The summed E-state index contributed by atoms with van der Waals surface area (Å²) in [6, 6.07) is 4.56. The summed E-state index contributed by atoms with van der Waals surface area (Å²) in [5, 5.41) is 11.0. The molecular formula is C14H19N5O2. The SMILES string of the molecule is CCCn1nc(C(=O)NC(C)Cn2cccn2)ccc1=O. The summed E-state index contributed by atoms with van der Waals surface area (Å²) in [5.74, 6) is -0.292. The maximum Gasteiger partial charge on any atom is 0.271 e. The number of rotatable bonds is 6. The van der Waals surface area contributed by atoms with Crippen molar-refractivity contribution in [2.45, 2.75) is 39.4 Å². The molecule has 2 aromatic rings. The third-order valence-corrected chi connectivity index (χ3v) is 2.93. The first kappa shape index (κ1) is 15.0. The molecule has 1 N–H and O–H groups in total. The molecule has 7 heteroatoms. The number of aryl methyl sites for hydroxylation is 1. The first-order valence-corrected chi connectivity index (χ1v) is 6.96. The van der Waals surface area contributed by atoms with Crippen LogP contribution in [0, 0.1) is 0 Å². The maximum absolute atomic E-state index is 12.1. The minimum atomic E-state index is -0.292. The second kappa shape index (κ2) is 6.83. The molecular weight excluding hydrogens is 270 g/mol. The van der Waals surface area contributed by atoms with Crippen LogP contribution in [0.3, 0.4) is 0 Å². The van der Waals surface area contributed by atoms with Crippen LogP contribution in [0.25, 0.3) is 0 Å². The van der Waals surface area contributed by atoms with Crippen molar-refractivity contribution < 1.29 is 4.79 Å². The van der Waals surface area contributed by atoms with Gasteiger partial charge in [0, 0.05) is 31.0 Å². The van der Waals surface area contributed by atoms with Crippen molar-refractivity contribution in [1.29, 1.82) is 0 Å². The van der Waals surface area contributed by atoms with Gasteiger partial charge in [0.05, 0.1) is 6.54 Å². The first-order valence-electron chi connectivity index (χ1n) is 6.96. The fourth-order valence-electron chi connectivity index (χ4n) is 1.97. The lowest BCUT2D eigenvalue weighted by molar-refractivity contribution is 0.0928. The fourth-order valence-corrected chi connectivity index (χ4v) is 1.97. The zero-order valence-corrected chi connectivity index (χ0v) is 12.2. The lowest BCUT2D eigenvalue weighted by Crippen LogP contribution is -2.37. The molecule has 0 aliphatic rings. The van der Waals surface area contributed by atoms with E-state index in [9.17, 15) is 9.59 Å². The zero-order valence-electron chi connectivity index (χ0n) is 12.2. The number of hydrogen-bond acceptors (Lipinski definition) is 4. The topological polar surface area (TPSA) is 81.8 Å². The number of aromatic nitrogens is 4. The Balaban J connectivity index is 2.02. The summed E-state index contributed by atoms with van der Waals surface area (Å²) < 4.78 is 3.06. The Labute approximate surface area is 122 Å². The predicted molar refractivity (Wildman–Crippen MR) is 77.9 cm³/mol. The number of nitrogens with one attached hydrogen (secondary N) is 1. The highest BCUT2D eigenvalue weighted by Gasteiger charge is 2.13. The minimum Gasteiger partial charge on any atom is -0.346 e. The maximum atomic E-state index is 12.1. The summed E-state index contributed by atoms with van der Waals surface area (Å²) in [6.45, 7) is 4.92. The molecule has 0 bridgehead atoms. The van der Waals surface area contributed by atoms with Gasteiger partial charge in [-0.05, 0) is 25.5 Å². The van der Waals surface area contributed by atoms with Crippen LogP contribution in [0.1, 0.15) is 30.8 Å². The molecule has 0 spiro atoms. The van der Waals surface area contributed by atoms with Gasteiger partial charge < -0.3 is 5.32 Å². The van der Waals surface area contributed by atoms with Crippen molar-refractivity contribution in [3.05, 3.63) is 46.6 Å². The van der Waals surface area contributed by atoms with E-state index in [-0.39, 0.29) is 23.2 Å². The molecule has 7 nitrogen and oxygen atoms in total. The van der Waals surface area contributed by atoms with Gasteiger partial charge >= 0.3 is 0 Å². The fraction of sp³-hybridized carbons (Fsp3) is 0.429. The first-order chi connectivity index (χ1) is 10.1. The lowest BCUT2D eigenvalue weighted by Gasteiger charge is -2.14.